The van der Waals surface area contributed by atoms with Crippen LogP contribution in [-0.4, -0.2) is 44.9 Å². The van der Waals surface area contributed by atoms with Crippen molar-refractivity contribution in [2.45, 2.75) is 44.6 Å². The topological polar surface area (TPSA) is 75.7 Å². The molecule has 29 heavy (non-hydrogen) atoms. The molecule has 0 aliphatic rings. The fourth-order valence-corrected chi connectivity index (χ4v) is 4.41. The van der Waals surface area contributed by atoms with Crippen molar-refractivity contribution in [1.82, 2.24) is 9.62 Å². The minimum absolute atomic E-state index is 0.00981. The highest BCUT2D eigenvalue weighted by Crippen LogP contribution is 2.24. The fourth-order valence-electron chi connectivity index (χ4n) is 2.93. The Bertz CT molecular complexity index is 914. The summed E-state index contributed by atoms with van der Waals surface area (Å²) in [4.78, 5) is 12.6. The number of rotatable bonds is 10. The van der Waals surface area contributed by atoms with Crippen molar-refractivity contribution in [2.75, 3.05) is 20.2 Å². The van der Waals surface area contributed by atoms with Crippen LogP contribution in [0.2, 0.25) is 0 Å². The van der Waals surface area contributed by atoms with Crippen molar-refractivity contribution < 1.29 is 17.9 Å². The maximum absolute atomic E-state index is 13.3. The number of hydrogen-bond acceptors (Lipinski definition) is 4. The summed E-state index contributed by atoms with van der Waals surface area (Å²) in [5, 5.41) is 2.85. The number of amides is 1. The van der Waals surface area contributed by atoms with Crippen LogP contribution in [0.15, 0.2) is 53.4 Å². The van der Waals surface area contributed by atoms with Crippen LogP contribution in [-0.2, 0) is 21.2 Å². The van der Waals surface area contributed by atoms with Crippen LogP contribution < -0.4 is 10.1 Å². The van der Waals surface area contributed by atoms with Gasteiger partial charge in [0.1, 0.15) is 5.75 Å². The monoisotopic (exact) mass is 418 g/mol. The normalized spacial score (nSPS) is 12.6. The highest BCUT2D eigenvalue weighted by atomic mass is 32.2. The van der Waals surface area contributed by atoms with Crippen LogP contribution in [0.5, 0.6) is 5.75 Å². The molecule has 158 valence electrons. The van der Waals surface area contributed by atoms with E-state index in [2.05, 4.69) is 5.32 Å². The Labute approximate surface area is 173 Å². The second-order valence-electron chi connectivity index (χ2n) is 7.08. The highest BCUT2D eigenvalue weighted by molar-refractivity contribution is 7.89. The molecule has 2 rings (SSSR count). The van der Waals surface area contributed by atoms with E-state index in [1.165, 1.54) is 10.4 Å². The molecule has 0 aliphatic carbocycles. The third kappa shape index (κ3) is 6.30. The molecule has 0 saturated carbocycles. The molecule has 1 amide bonds. The summed E-state index contributed by atoms with van der Waals surface area (Å²) in [6.07, 6.45) is 1.30. The summed E-state index contributed by atoms with van der Waals surface area (Å²) in [6, 6.07) is 14.4. The maximum Gasteiger partial charge on any atom is 0.243 e. The molecular weight excluding hydrogens is 388 g/mol. The van der Waals surface area contributed by atoms with Crippen molar-refractivity contribution in [1.29, 1.82) is 0 Å². The third-order valence-corrected chi connectivity index (χ3v) is 6.68. The lowest BCUT2D eigenvalue weighted by molar-refractivity contribution is -0.121. The number of hydrogen-bond donors (Lipinski definition) is 1. The molecule has 6 nitrogen and oxygen atoms in total. The number of nitrogens with one attached hydrogen (secondary N) is 1. The van der Waals surface area contributed by atoms with Crippen molar-refractivity contribution in [3.63, 3.8) is 0 Å². The molecule has 7 heteroatoms. The van der Waals surface area contributed by atoms with Gasteiger partial charge in [-0.05, 0) is 56.0 Å². The van der Waals surface area contributed by atoms with Gasteiger partial charge in [-0.15, -0.1) is 0 Å². The van der Waals surface area contributed by atoms with Crippen LogP contribution in [0.3, 0.4) is 0 Å². The Balaban J connectivity index is 2.28. The summed E-state index contributed by atoms with van der Waals surface area (Å²) in [7, 11) is -2.30. The van der Waals surface area contributed by atoms with Gasteiger partial charge in [0.2, 0.25) is 15.9 Å². The number of sulfonamides is 1. The molecule has 0 heterocycles. The minimum atomic E-state index is -3.84. The van der Waals surface area contributed by atoms with Gasteiger partial charge in [0.15, 0.2) is 0 Å². The Kier molecular flexibility index (Phi) is 8.22. The molecule has 0 radical (unpaired) electrons. The van der Waals surface area contributed by atoms with Gasteiger partial charge in [-0.2, -0.15) is 4.31 Å². The van der Waals surface area contributed by atoms with Gasteiger partial charge in [-0.1, -0.05) is 37.3 Å². The minimum Gasteiger partial charge on any atom is -0.496 e. The number of aryl methyl sites for hydroxylation is 1. The smallest absolute Gasteiger partial charge is 0.243 e. The number of methoxy groups -OCH3 is 1. The first-order valence-electron chi connectivity index (χ1n) is 9.76. The predicted molar refractivity (Wildman–Crippen MR) is 115 cm³/mol. The van der Waals surface area contributed by atoms with E-state index >= 15 is 0 Å². The van der Waals surface area contributed by atoms with Gasteiger partial charge in [0, 0.05) is 12.6 Å². The third-order valence-electron chi connectivity index (χ3n) is 4.84. The lowest BCUT2D eigenvalue weighted by Crippen LogP contribution is -2.44. The van der Waals surface area contributed by atoms with E-state index in [0.717, 1.165) is 17.5 Å². The first-order chi connectivity index (χ1) is 13.8. The number of carbonyl (C=O) groups excluding carboxylic acids is 1. The molecule has 0 bridgehead atoms. The largest absolute Gasteiger partial charge is 0.496 e. The van der Waals surface area contributed by atoms with Gasteiger partial charge >= 0.3 is 0 Å². The molecule has 0 aromatic heterocycles. The van der Waals surface area contributed by atoms with Gasteiger partial charge in [-0.3, -0.25) is 4.79 Å². The molecule has 0 aliphatic heterocycles. The SMILES string of the molecule is CC[C@H](C)NC(=O)CN(CCc1ccccc1)S(=O)(=O)c1ccc(OC)c(C)c1. The number of benzene rings is 2. The van der Waals surface area contributed by atoms with Gasteiger partial charge in [0.05, 0.1) is 18.6 Å². The Morgan fingerprint density at radius 1 is 1.17 bits per heavy atom. The average Bonchev–Trinajstić information content (AvgIpc) is 2.71. The van der Waals surface area contributed by atoms with E-state index in [1.807, 2.05) is 44.2 Å². The first kappa shape index (κ1) is 22.9. The molecule has 0 fully saturated rings. The number of nitrogens with zero attached hydrogens (tertiary/aromatic N) is 1. The molecule has 2 aromatic carbocycles. The second kappa shape index (κ2) is 10.4. The highest BCUT2D eigenvalue weighted by Gasteiger charge is 2.27. The number of ether oxygens (including phenoxy) is 1. The van der Waals surface area contributed by atoms with Crippen molar-refractivity contribution in [3.8, 4) is 5.75 Å². The zero-order valence-corrected chi connectivity index (χ0v) is 18.3. The molecule has 0 saturated heterocycles. The van der Waals surface area contributed by atoms with Crippen LogP contribution >= 0.6 is 0 Å². The number of carbonyl (C=O) groups is 1. The van der Waals surface area contributed by atoms with Crippen LogP contribution in [0.1, 0.15) is 31.4 Å². The summed E-state index contributed by atoms with van der Waals surface area (Å²) in [6.45, 7) is 5.65. The zero-order chi connectivity index (χ0) is 21.4. The predicted octanol–water partition coefficient (Wildman–Crippen LogP) is 3.15. The maximum atomic E-state index is 13.3. The average molecular weight is 419 g/mol. The molecule has 1 atom stereocenters. The molecular formula is C22H30N2O4S. The van der Waals surface area contributed by atoms with Gasteiger partial charge in [0.25, 0.3) is 0 Å². The Morgan fingerprint density at radius 3 is 2.45 bits per heavy atom. The van der Waals surface area contributed by atoms with Gasteiger partial charge in [-0.25, -0.2) is 8.42 Å². The first-order valence-corrected chi connectivity index (χ1v) is 11.2. The summed E-state index contributed by atoms with van der Waals surface area (Å²) >= 11 is 0. The Hall–Kier alpha value is -2.38. The van der Waals surface area contributed by atoms with E-state index in [4.69, 9.17) is 4.74 Å². The van der Waals surface area contributed by atoms with Crippen LogP contribution in [0.25, 0.3) is 0 Å². The lowest BCUT2D eigenvalue weighted by Gasteiger charge is -2.23. The van der Waals surface area contributed by atoms with E-state index in [-0.39, 0.29) is 29.9 Å². The molecule has 0 unspecified atom stereocenters. The lowest BCUT2D eigenvalue weighted by atomic mass is 10.1. The molecule has 1 N–H and O–H groups in total. The van der Waals surface area contributed by atoms with E-state index in [0.29, 0.717) is 12.2 Å². The quantitative estimate of drug-likeness (QED) is 0.643. The van der Waals surface area contributed by atoms with Gasteiger partial charge < -0.3 is 10.1 Å². The van der Waals surface area contributed by atoms with Crippen LogP contribution in [0.4, 0.5) is 0 Å². The second-order valence-corrected chi connectivity index (χ2v) is 9.02. The van der Waals surface area contributed by atoms with E-state index in [9.17, 15) is 13.2 Å². The van der Waals surface area contributed by atoms with Crippen LogP contribution in [0, 0.1) is 6.92 Å². The molecule has 2 aromatic rings. The summed E-state index contributed by atoms with van der Waals surface area (Å²) in [5.41, 5.74) is 1.74. The standard InChI is InChI=1S/C22H30N2O4S/c1-5-18(3)23-22(25)16-24(14-13-19-9-7-6-8-10-19)29(26,27)20-11-12-21(28-4)17(2)15-20/h6-12,15,18H,5,13-14,16H2,1-4H3,(H,23,25)/t18-/m0/s1. The van der Waals surface area contributed by atoms with Crippen molar-refractivity contribution in [2.24, 2.45) is 0 Å². The fraction of sp³-hybridized carbons (Fsp3) is 0.409. The van der Waals surface area contributed by atoms with E-state index < -0.39 is 10.0 Å². The van der Waals surface area contributed by atoms with Crippen molar-refractivity contribution >= 4 is 15.9 Å². The summed E-state index contributed by atoms with van der Waals surface area (Å²) in [5.74, 6) is 0.315. The summed E-state index contributed by atoms with van der Waals surface area (Å²) < 4.78 is 33.1. The Morgan fingerprint density at radius 2 is 1.86 bits per heavy atom. The molecule has 0 spiro atoms. The van der Waals surface area contributed by atoms with Crippen molar-refractivity contribution in [3.05, 3.63) is 59.7 Å². The zero-order valence-electron chi connectivity index (χ0n) is 17.5. The van der Waals surface area contributed by atoms with E-state index in [1.54, 1.807) is 26.2 Å².